The van der Waals surface area contributed by atoms with Crippen LogP contribution in [0.4, 0.5) is 0 Å². The molecular weight excluding hydrogens is 252 g/mol. The smallest absolute Gasteiger partial charge is 0.326 e. The molecule has 0 saturated heterocycles. The Bertz CT molecular complexity index is 398. The van der Waals surface area contributed by atoms with Crippen LogP contribution in [0.25, 0.3) is 0 Å². The Labute approximate surface area is 110 Å². The van der Waals surface area contributed by atoms with Crippen LogP contribution in [0.3, 0.4) is 0 Å². The Morgan fingerprint density at radius 2 is 2.61 bits per heavy atom. The fourth-order valence-corrected chi connectivity index (χ4v) is 3.43. The number of hydrogen-bond donors (Lipinski definition) is 2. The van der Waals surface area contributed by atoms with Gasteiger partial charge in [-0.25, -0.2) is 4.98 Å². The minimum atomic E-state index is -0.534. The van der Waals surface area contributed by atoms with E-state index >= 15 is 0 Å². The largest absolute Gasteiger partial charge is 0.465 e. The van der Waals surface area contributed by atoms with Gasteiger partial charge in [-0.15, -0.1) is 0 Å². The Balaban J connectivity index is 1.98. The van der Waals surface area contributed by atoms with E-state index in [1.54, 1.807) is 11.8 Å². The lowest BCUT2D eigenvalue weighted by atomic mass is 9.98. The van der Waals surface area contributed by atoms with E-state index < -0.39 is 5.54 Å². The third-order valence-electron chi connectivity index (χ3n) is 3.29. The predicted molar refractivity (Wildman–Crippen MR) is 68.3 cm³/mol. The second-order valence-electron chi connectivity index (χ2n) is 4.33. The van der Waals surface area contributed by atoms with E-state index in [1.165, 1.54) is 6.33 Å². The SMILES string of the molecule is CCOC(=O)C1(NC)CCC(Sc2ncn[nH]2)C1. The van der Waals surface area contributed by atoms with Crippen LogP contribution in [0, 0.1) is 0 Å². The highest BCUT2D eigenvalue weighted by Crippen LogP contribution is 2.39. The number of H-pyrrole nitrogens is 1. The van der Waals surface area contributed by atoms with Crippen molar-refractivity contribution in [2.45, 2.75) is 42.1 Å². The van der Waals surface area contributed by atoms with Gasteiger partial charge in [0.25, 0.3) is 0 Å². The summed E-state index contributed by atoms with van der Waals surface area (Å²) in [6.45, 7) is 2.25. The lowest BCUT2D eigenvalue weighted by molar-refractivity contribution is -0.150. The third kappa shape index (κ3) is 2.67. The van der Waals surface area contributed by atoms with Crippen LogP contribution in [0.1, 0.15) is 26.2 Å². The first kappa shape index (κ1) is 13.4. The number of thioether (sulfide) groups is 1. The van der Waals surface area contributed by atoms with Gasteiger partial charge in [0.1, 0.15) is 11.9 Å². The normalized spacial score (nSPS) is 27.3. The van der Waals surface area contributed by atoms with E-state index in [-0.39, 0.29) is 5.97 Å². The van der Waals surface area contributed by atoms with E-state index in [9.17, 15) is 4.79 Å². The summed E-state index contributed by atoms with van der Waals surface area (Å²) < 4.78 is 5.16. The fraction of sp³-hybridized carbons (Fsp3) is 0.727. The topological polar surface area (TPSA) is 79.9 Å². The maximum atomic E-state index is 12.0. The second kappa shape index (κ2) is 5.71. The summed E-state index contributed by atoms with van der Waals surface area (Å²) in [6.07, 6.45) is 4.01. The number of carbonyl (C=O) groups excluding carboxylic acids is 1. The first-order valence-corrected chi connectivity index (χ1v) is 6.96. The Hall–Kier alpha value is -1.08. The zero-order valence-corrected chi connectivity index (χ0v) is 11.4. The second-order valence-corrected chi connectivity index (χ2v) is 5.61. The highest BCUT2D eigenvalue weighted by atomic mass is 32.2. The number of aromatic amines is 1. The van der Waals surface area contributed by atoms with Crippen LogP contribution in [-0.2, 0) is 9.53 Å². The van der Waals surface area contributed by atoms with Gasteiger partial charge in [-0.2, -0.15) is 5.10 Å². The number of carbonyl (C=O) groups is 1. The number of aromatic nitrogens is 3. The highest BCUT2D eigenvalue weighted by molar-refractivity contribution is 7.99. The molecule has 1 heterocycles. The van der Waals surface area contributed by atoms with Crippen LogP contribution in [0.5, 0.6) is 0 Å². The van der Waals surface area contributed by atoms with Crippen molar-refractivity contribution in [1.29, 1.82) is 0 Å². The number of nitrogens with one attached hydrogen (secondary N) is 2. The first-order valence-electron chi connectivity index (χ1n) is 6.08. The maximum Gasteiger partial charge on any atom is 0.326 e. The molecule has 0 amide bonds. The molecule has 1 aliphatic rings. The molecule has 0 radical (unpaired) electrons. The van der Waals surface area contributed by atoms with Crippen molar-refractivity contribution >= 4 is 17.7 Å². The molecule has 0 bridgehead atoms. The van der Waals surface area contributed by atoms with Gasteiger partial charge >= 0.3 is 5.97 Å². The number of rotatable bonds is 5. The van der Waals surface area contributed by atoms with Crippen LogP contribution in [0.15, 0.2) is 11.5 Å². The van der Waals surface area contributed by atoms with E-state index in [0.717, 1.165) is 24.4 Å². The molecule has 2 N–H and O–H groups in total. The number of esters is 1. The van der Waals surface area contributed by atoms with Gasteiger partial charge in [0.2, 0.25) is 0 Å². The van der Waals surface area contributed by atoms with Gasteiger partial charge in [0.05, 0.1) is 6.61 Å². The highest BCUT2D eigenvalue weighted by Gasteiger charge is 2.45. The summed E-state index contributed by atoms with van der Waals surface area (Å²) >= 11 is 1.63. The molecule has 7 heteroatoms. The number of ether oxygens (including phenoxy) is 1. The van der Waals surface area contributed by atoms with Crippen LogP contribution in [0.2, 0.25) is 0 Å². The van der Waals surface area contributed by atoms with Gasteiger partial charge < -0.3 is 10.1 Å². The van der Waals surface area contributed by atoms with Crippen molar-refractivity contribution in [2.24, 2.45) is 0 Å². The van der Waals surface area contributed by atoms with Gasteiger partial charge in [-0.05, 0) is 33.2 Å². The Kier molecular flexibility index (Phi) is 4.23. The van der Waals surface area contributed by atoms with Crippen molar-refractivity contribution in [3.63, 3.8) is 0 Å². The van der Waals surface area contributed by atoms with Crippen LogP contribution < -0.4 is 5.32 Å². The number of nitrogens with zero attached hydrogens (tertiary/aromatic N) is 2. The third-order valence-corrected chi connectivity index (χ3v) is 4.44. The molecule has 18 heavy (non-hydrogen) atoms. The minimum Gasteiger partial charge on any atom is -0.465 e. The summed E-state index contributed by atoms with van der Waals surface area (Å²) in [6, 6.07) is 0. The zero-order chi connectivity index (χ0) is 13.0. The van der Waals surface area contributed by atoms with Crippen LogP contribution >= 0.6 is 11.8 Å². The number of likely N-dealkylation sites (N-methyl/N-ethyl adjacent to an activating group) is 1. The summed E-state index contributed by atoms with van der Waals surface area (Å²) in [5.74, 6) is -0.145. The molecule has 2 unspecified atom stereocenters. The predicted octanol–water partition coefficient (Wildman–Crippen LogP) is 0.971. The molecule has 1 aliphatic carbocycles. The molecule has 1 saturated carbocycles. The maximum absolute atomic E-state index is 12.0. The molecule has 0 spiro atoms. The van der Waals surface area contributed by atoms with Crippen molar-refractivity contribution < 1.29 is 9.53 Å². The fourth-order valence-electron chi connectivity index (χ4n) is 2.29. The molecule has 1 aromatic heterocycles. The summed E-state index contributed by atoms with van der Waals surface area (Å²) in [4.78, 5) is 16.1. The van der Waals surface area contributed by atoms with Crippen LogP contribution in [-0.4, -0.2) is 45.6 Å². The van der Waals surface area contributed by atoms with Crippen molar-refractivity contribution in [3.05, 3.63) is 6.33 Å². The molecular formula is C11H18N4O2S. The van der Waals surface area contributed by atoms with Crippen molar-refractivity contribution in [2.75, 3.05) is 13.7 Å². The Morgan fingerprint density at radius 3 is 3.22 bits per heavy atom. The molecule has 0 aromatic carbocycles. The monoisotopic (exact) mass is 270 g/mol. The average molecular weight is 270 g/mol. The van der Waals surface area contributed by atoms with Crippen molar-refractivity contribution in [1.82, 2.24) is 20.5 Å². The first-order chi connectivity index (χ1) is 8.70. The molecule has 2 rings (SSSR count). The molecule has 1 fully saturated rings. The molecule has 2 atom stereocenters. The zero-order valence-electron chi connectivity index (χ0n) is 10.6. The van der Waals surface area contributed by atoms with Gasteiger partial charge in [-0.3, -0.25) is 9.89 Å². The molecule has 1 aromatic rings. The summed E-state index contributed by atoms with van der Waals surface area (Å²) in [7, 11) is 1.82. The molecule has 6 nitrogen and oxygen atoms in total. The van der Waals surface area contributed by atoms with Crippen molar-refractivity contribution in [3.8, 4) is 0 Å². The minimum absolute atomic E-state index is 0.145. The standard InChI is InChI=1S/C11H18N4O2S/c1-3-17-9(16)11(12-2)5-4-8(6-11)18-10-13-7-14-15-10/h7-8,12H,3-6H2,1-2H3,(H,13,14,15). The van der Waals surface area contributed by atoms with E-state index in [1.807, 2.05) is 14.0 Å². The lowest BCUT2D eigenvalue weighted by Crippen LogP contribution is -2.49. The van der Waals surface area contributed by atoms with Gasteiger partial charge in [0.15, 0.2) is 5.16 Å². The summed E-state index contributed by atoms with van der Waals surface area (Å²) in [5, 5.41) is 10.9. The van der Waals surface area contributed by atoms with E-state index in [0.29, 0.717) is 11.9 Å². The molecule has 100 valence electrons. The Morgan fingerprint density at radius 1 is 1.78 bits per heavy atom. The van der Waals surface area contributed by atoms with Gasteiger partial charge in [0, 0.05) is 5.25 Å². The quantitative estimate of drug-likeness (QED) is 0.776. The van der Waals surface area contributed by atoms with E-state index in [4.69, 9.17) is 4.74 Å². The summed E-state index contributed by atoms with van der Waals surface area (Å²) in [5.41, 5.74) is -0.534. The average Bonchev–Trinajstić information content (AvgIpc) is 3.00. The molecule has 0 aliphatic heterocycles. The van der Waals surface area contributed by atoms with Gasteiger partial charge in [-0.1, -0.05) is 11.8 Å². The van der Waals surface area contributed by atoms with E-state index in [2.05, 4.69) is 20.5 Å². The lowest BCUT2D eigenvalue weighted by Gasteiger charge is -2.26. The number of hydrogen-bond acceptors (Lipinski definition) is 6.